The largest absolute Gasteiger partial charge is 0.465 e. The normalized spacial score (nSPS) is 20.6. The fourth-order valence-electron chi connectivity index (χ4n) is 2.05. The minimum atomic E-state index is -3.66. The van der Waals surface area contributed by atoms with Gasteiger partial charge in [0.15, 0.2) is 0 Å². The Labute approximate surface area is 121 Å². The van der Waals surface area contributed by atoms with E-state index < -0.39 is 22.0 Å². The van der Waals surface area contributed by atoms with Gasteiger partial charge < -0.3 is 4.74 Å². The monoisotopic (exact) mass is 323 g/mol. The highest BCUT2D eigenvalue weighted by Gasteiger charge is 2.40. The van der Waals surface area contributed by atoms with Crippen molar-refractivity contribution >= 4 is 38.9 Å². The first-order valence-corrected chi connectivity index (χ1v) is 8.54. The van der Waals surface area contributed by atoms with E-state index in [1.807, 2.05) is 0 Å². The summed E-state index contributed by atoms with van der Waals surface area (Å²) in [4.78, 5) is 11.8. The Morgan fingerprint density at radius 1 is 1.58 bits per heavy atom. The van der Waals surface area contributed by atoms with Crippen molar-refractivity contribution in [2.24, 2.45) is 0 Å². The summed E-state index contributed by atoms with van der Waals surface area (Å²) in [7, 11) is -3.66. The Morgan fingerprint density at radius 2 is 2.32 bits per heavy atom. The van der Waals surface area contributed by atoms with E-state index in [1.165, 1.54) is 16.4 Å². The molecule has 2 rings (SSSR count). The first kappa shape index (κ1) is 14.8. The van der Waals surface area contributed by atoms with Crippen LogP contribution in [-0.4, -0.2) is 37.9 Å². The maximum atomic E-state index is 12.4. The van der Waals surface area contributed by atoms with Gasteiger partial charge in [-0.1, -0.05) is 11.6 Å². The number of rotatable bonds is 4. The van der Waals surface area contributed by atoms with E-state index in [2.05, 4.69) is 0 Å². The second kappa shape index (κ2) is 5.78. The number of ether oxygens (including phenoxy) is 1. The van der Waals surface area contributed by atoms with Gasteiger partial charge in [0.2, 0.25) is 0 Å². The third-order valence-electron chi connectivity index (χ3n) is 2.87. The number of hydrogen-bond donors (Lipinski definition) is 0. The number of carbonyl (C=O) groups excluding carboxylic acids is 1. The predicted octanol–water partition coefficient (Wildman–Crippen LogP) is 2.12. The van der Waals surface area contributed by atoms with Crippen LogP contribution in [0.5, 0.6) is 0 Å². The quantitative estimate of drug-likeness (QED) is 0.796. The van der Waals surface area contributed by atoms with Gasteiger partial charge in [-0.15, -0.1) is 11.3 Å². The highest BCUT2D eigenvalue weighted by atomic mass is 35.5. The van der Waals surface area contributed by atoms with Crippen LogP contribution in [-0.2, 0) is 19.6 Å². The minimum absolute atomic E-state index is 0.161. The third kappa shape index (κ3) is 2.94. The van der Waals surface area contributed by atoms with Gasteiger partial charge in [-0.25, -0.2) is 8.42 Å². The Kier molecular flexibility index (Phi) is 4.50. The highest BCUT2D eigenvalue weighted by molar-refractivity contribution is 7.91. The van der Waals surface area contributed by atoms with Gasteiger partial charge in [-0.2, -0.15) is 4.31 Å². The second-order valence-corrected chi connectivity index (χ2v) is 7.92. The molecule has 2 heterocycles. The van der Waals surface area contributed by atoms with Gasteiger partial charge in [0.1, 0.15) is 10.3 Å². The molecule has 1 aromatic rings. The molecule has 1 atom stereocenters. The van der Waals surface area contributed by atoms with Crippen molar-refractivity contribution in [3.8, 4) is 0 Å². The molecule has 0 spiro atoms. The molecule has 0 aromatic carbocycles. The zero-order valence-electron chi connectivity index (χ0n) is 10.3. The van der Waals surface area contributed by atoms with E-state index in [9.17, 15) is 13.2 Å². The fraction of sp³-hybridized carbons (Fsp3) is 0.545. The van der Waals surface area contributed by atoms with Crippen LogP contribution >= 0.6 is 22.9 Å². The number of thiophene rings is 1. The predicted molar refractivity (Wildman–Crippen MR) is 72.9 cm³/mol. The van der Waals surface area contributed by atoms with E-state index >= 15 is 0 Å². The molecule has 0 N–H and O–H groups in total. The molecule has 1 aliphatic heterocycles. The molecule has 0 saturated carbocycles. The summed E-state index contributed by atoms with van der Waals surface area (Å²) in [6.45, 7) is 2.28. The SMILES string of the molecule is CCOC(=O)C1CCCN1S(=O)(=O)c1ccc(Cl)s1. The summed E-state index contributed by atoms with van der Waals surface area (Å²) in [5.41, 5.74) is 0. The molecule has 1 aliphatic rings. The lowest BCUT2D eigenvalue weighted by atomic mass is 10.2. The van der Waals surface area contributed by atoms with E-state index in [-0.39, 0.29) is 10.8 Å². The molecule has 0 amide bonds. The third-order valence-corrected chi connectivity index (χ3v) is 6.48. The summed E-state index contributed by atoms with van der Waals surface area (Å²) < 4.78 is 31.6. The van der Waals surface area contributed by atoms with Crippen molar-refractivity contribution in [2.45, 2.75) is 30.0 Å². The first-order chi connectivity index (χ1) is 8.96. The molecule has 0 radical (unpaired) electrons. The number of halogens is 1. The number of esters is 1. The van der Waals surface area contributed by atoms with Crippen LogP contribution in [0.3, 0.4) is 0 Å². The standard InChI is InChI=1S/C11H14ClNO4S2/c1-2-17-11(14)8-4-3-7-13(8)19(15,16)10-6-5-9(12)18-10/h5-6,8H,2-4,7H2,1H3. The van der Waals surface area contributed by atoms with Crippen molar-refractivity contribution < 1.29 is 17.9 Å². The van der Waals surface area contributed by atoms with Gasteiger partial charge in [0.25, 0.3) is 10.0 Å². The second-order valence-electron chi connectivity index (χ2n) is 4.08. The van der Waals surface area contributed by atoms with E-state index in [0.717, 1.165) is 11.3 Å². The van der Waals surface area contributed by atoms with Crippen LogP contribution in [0.15, 0.2) is 16.3 Å². The van der Waals surface area contributed by atoms with Crippen molar-refractivity contribution in [1.29, 1.82) is 0 Å². The molecular formula is C11H14ClNO4S2. The summed E-state index contributed by atoms with van der Waals surface area (Å²) in [5.74, 6) is -0.480. The van der Waals surface area contributed by atoms with E-state index in [1.54, 1.807) is 6.92 Å². The molecule has 106 valence electrons. The molecule has 1 unspecified atom stereocenters. The Balaban J connectivity index is 2.27. The average Bonchev–Trinajstić information content (AvgIpc) is 2.97. The van der Waals surface area contributed by atoms with Crippen LogP contribution in [0.2, 0.25) is 4.34 Å². The topological polar surface area (TPSA) is 63.7 Å². The molecule has 5 nitrogen and oxygen atoms in total. The van der Waals surface area contributed by atoms with Gasteiger partial charge >= 0.3 is 5.97 Å². The molecule has 1 aromatic heterocycles. The van der Waals surface area contributed by atoms with Crippen molar-refractivity contribution in [3.63, 3.8) is 0 Å². The zero-order chi connectivity index (χ0) is 14.0. The van der Waals surface area contributed by atoms with Gasteiger partial charge in [-0.3, -0.25) is 4.79 Å². The molecule has 19 heavy (non-hydrogen) atoms. The summed E-state index contributed by atoms with van der Waals surface area (Å²) >= 11 is 6.76. The van der Waals surface area contributed by atoms with E-state index in [4.69, 9.17) is 16.3 Å². The lowest BCUT2D eigenvalue weighted by Gasteiger charge is -2.21. The van der Waals surface area contributed by atoms with Crippen molar-refractivity contribution in [3.05, 3.63) is 16.5 Å². The Bertz CT molecular complexity index is 569. The maximum Gasteiger partial charge on any atom is 0.324 e. The fourth-order valence-corrected chi connectivity index (χ4v) is 5.31. The van der Waals surface area contributed by atoms with Crippen molar-refractivity contribution in [2.75, 3.05) is 13.2 Å². The lowest BCUT2D eigenvalue weighted by molar-refractivity contribution is -0.146. The van der Waals surface area contributed by atoms with Gasteiger partial charge in [0, 0.05) is 6.54 Å². The van der Waals surface area contributed by atoms with Crippen molar-refractivity contribution in [1.82, 2.24) is 4.31 Å². The summed E-state index contributed by atoms with van der Waals surface area (Å²) in [6, 6.07) is 2.28. The molecule has 1 fully saturated rings. The molecule has 0 aliphatic carbocycles. The lowest BCUT2D eigenvalue weighted by Crippen LogP contribution is -2.41. The Hall–Kier alpha value is -0.630. The van der Waals surface area contributed by atoms with Crippen LogP contribution in [0.1, 0.15) is 19.8 Å². The number of hydrogen-bond acceptors (Lipinski definition) is 5. The molecule has 1 saturated heterocycles. The van der Waals surface area contributed by atoms with Crippen LogP contribution in [0, 0.1) is 0 Å². The van der Waals surface area contributed by atoms with Gasteiger partial charge in [-0.05, 0) is 31.9 Å². The minimum Gasteiger partial charge on any atom is -0.465 e. The highest BCUT2D eigenvalue weighted by Crippen LogP contribution is 2.32. The zero-order valence-corrected chi connectivity index (χ0v) is 12.7. The smallest absolute Gasteiger partial charge is 0.324 e. The molecule has 0 bridgehead atoms. The van der Waals surface area contributed by atoms with Crippen LogP contribution in [0.25, 0.3) is 0 Å². The summed E-state index contributed by atoms with van der Waals surface area (Å²) in [6.07, 6.45) is 1.15. The maximum absolute atomic E-state index is 12.4. The molecule has 8 heteroatoms. The number of nitrogens with zero attached hydrogens (tertiary/aromatic N) is 1. The average molecular weight is 324 g/mol. The summed E-state index contributed by atoms with van der Waals surface area (Å²) in [5, 5.41) is 0. The molecular weight excluding hydrogens is 310 g/mol. The number of sulfonamides is 1. The van der Waals surface area contributed by atoms with Gasteiger partial charge in [0.05, 0.1) is 10.9 Å². The number of carbonyl (C=O) groups is 1. The Morgan fingerprint density at radius 3 is 2.89 bits per heavy atom. The van der Waals surface area contributed by atoms with E-state index in [0.29, 0.717) is 23.7 Å². The van der Waals surface area contributed by atoms with Crippen LogP contribution in [0.4, 0.5) is 0 Å². The first-order valence-electron chi connectivity index (χ1n) is 5.90. The van der Waals surface area contributed by atoms with Crippen LogP contribution < -0.4 is 0 Å².